The minimum Gasteiger partial charge on any atom is -0.316 e. The molecule has 0 spiro atoms. The van der Waals surface area contributed by atoms with Crippen LogP contribution in [0.15, 0.2) is 18.2 Å². The van der Waals surface area contributed by atoms with E-state index < -0.39 is 0 Å². The van der Waals surface area contributed by atoms with Crippen LogP contribution in [0.3, 0.4) is 0 Å². The summed E-state index contributed by atoms with van der Waals surface area (Å²) in [5.74, 6) is -0.00288. The Bertz CT molecular complexity index is 441. The third-order valence-electron chi connectivity index (χ3n) is 4.05. The summed E-state index contributed by atoms with van der Waals surface area (Å²) >= 11 is 0. The van der Waals surface area contributed by atoms with Crippen molar-refractivity contribution in [3.63, 3.8) is 0 Å². The number of hydrogen-bond donors (Lipinski definition) is 1. The van der Waals surface area contributed by atoms with Gasteiger partial charge in [0.25, 0.3) is 0 Å². The van der Waals surface area contributed by atoms with E-state index in [9.17, 15) is 9.18 Å². The first-order valence-corrected chi connectivity index (χ1v) is 6.48. The molecular formula is C15H20FNO. The second-order valence-electron chi connectivity index (χ2n) is 5.58. The van der Waals surface area contributed by atoms with Crippen LogP contribution < -0.4 is 5.32 Å². The van der Waals surface area contributed by atoms with Crippen LogP contribution in [0.1, 0.15) is 36.2 Å². The summed E-state index contributed by atoms with van der Waals surface area (Å²) in [5, 5.41) is 3.26. The maximum absolute atomic E-state index is 13.4. The monoisotopic (exact) mass is 249 g/mol. The van der Waals surface area contributed by atoms with Crippen molar-refractivity contribution in [2.24, 2.45) is 11.3 Å². The van der Waals surface area contributed by atoms with E-state index in [-0.39, 0.29) is 22.9 Å². The minimum atomic E-state index is -0.375. The van der Waals surface area contributed by atoms with Gasteiger partial charge in [0, 0.05) is 17.5 Å². The van der Waals surface area contributed by atoms with Gasteiger partial charge in [-0.1, -0.05) is 13.8 Å². The highest BCUT2D eigenvalue weighted by atomic mass is 19.1. The Morgan fingerprint density at radius 2 is 2.11 bits per heavy atom. The van der Waals surface area contributed by atoms with Gasteiger partial charge in [-0.15, -0.1) is 0 Å². The largest absolute Gasteiger partial charge is 0.316 e. The molecule has 1 aromatic rings. The number of hydrogen-bond acceptors (Lipinski definition) is 2. The molecule has 0 aliphatic carbocycles. The van der Waals surface area contributed by atoms with Gasteiger partial charge in [-0.2, -0.15) is 0 Å². The number of aryl methyl sites for hydroxylation is 1. The molecule has 1 atom stereocenters. The van der Waals surface area contributed by atoms with E-state index >= 15 is 0 Å². The van der Waals surface area contributed by atoms with Crippen molar-refractivity contribution in [2.45, 2.75) is 27.2 Å². The van der Waals surface area contributed by atoms with Crippen LogP contribution in [0.4, 0.5) is 4.39 Å². The summed E-state index contributed by atoms with van der Waals surface area (Å²) in [6.45, 7) is 7.50. The lowest BCUT2D eigenvalue weighted by atomic mass is 9.71. The number of ketones is 1. The van der Waals surface area contributed by atoms with Crippen molar-refractivity contribution in [1.29, 1.82) is 0 Å². The van der Waals surface area contributed by atoms with Gasteiger partial charge in [0.15, 0.2) is 5.78 Å². The first-order chi connectivity index (χ1) is 8.45. The number of benzene rings is 1. The first-order valence-electron chi connectivity index (χ1n) is 6.48. The average Bonchev–Trinajstić information content (AvgIpc) is 2.76. The van der Waals surface area contributed by atoms with Crippen LogP contribution in [0, 0.1) is 24.1 Å². The lowest BCUT2D eigenvalue weighted by molar-refractivity contribution is 0.0739. The lowest BCUT2D eigenvalue weighted by Gasteiger charge is -2.31. The molecule has 1 aromatic carbocycles. The van der Waals surface area contributed by atoms with Gasteiger partial charge in [0.1, 0.15) is 5.82 Å². The third-order valence-corrected chi connectivity index (χ3v) is 4.05. The predicted octanol–water partition coefficient (Wildman–Crippen LogP) is 2.95. The van der Waals surface area contributed by atoms with Crippen LogP contribution in [-0.4, -0.2) is 18.9 Å². The molecule has 0 bridgehead atoms. The van der Waals surface area contributed by atoms with Gasteiger partial charge < -0.3 is 5.32 Å². The van der Waals surface area contributed by atoms with Crippen molar-refractivity contribution in [2.75, 3.05) is 13.1 Å². The second-order valence-corrected chi connectivity index (χ2v) is 5.58. The molecule has 0 saturated carbocycles. The number of rotatable bonds is 3. The summed E-state index contributed by atoms with van der Waals surface area (Å²) in [5.41, 5.74) is 0.924. The number of nitrogens with one attached hydrogen (secondary N) is 1. The topological polar surface area (TPSA) is 29.1 Å². The second kappa shape index (κ2) is 4.81. The van der Waals surface area contributed by atoms with Crippen LogP contribution >= 0.6 is 0 Å². The van der Waals surface area contributed by atoms with Crippen molar-refractivity contribution in [3.8, 4) is 0 Å². The van der Waals surface area contributed by atoms with Gasteiger partial charge in [-0.3, -0.25) is 4.79 Å². The van der Waals surface area contributed by atoms with Crippen LogP contribution in [-0.2, 0) is 0 Å². The fourth-order valence-corrected chi connectivity index (χ4v) is 2.81. The highest BCUT2D eigenvalue weighted by Gasteiger charge is 2.44. The Balaban J connectivity index is 2.40. The quantitative estimate of drug-likeness (QED) is 0.834. The molecule has 0 amide bonds. The Morgan fingerprint density at radius 1 is 1.39 bits per heavy atom. The first kappa shape index (κ1) is 13.2. The molecule has 1 unspecified atom stereocenters. The van der Waals surface area contributed by atoms with Crippen molar-refractivity contribution in [1.82, 2.24) is 5.32 Å². The Hall–Kier alpha value is -1.22. The van der Waals surface area contributed by atoms with E-state index in [1.165, 1.54) is 12.1 Å². The maximum atomic E-state index is 13.4. The van der Waals surface area contributed by atoms with Crippen molar-refractivity contribution >= 4 is 5.78 Å². The summed E-state index contributed by atoms with van der Waals surface area (Å²) in [6.07, 6.45) is 0.832. The van der Waals surface area contributed by atoms with Gasteiger partial charge in [0.2, 0.25) is 0 Å². The fraction of sp³-hybridized carbons (Fsp3) is 0.533. The van der Waals surface area contributed by atoms with E-state index in [1.54, 1.807) is 6.07 Å². The number of halogens is 1. The smallest absolute Gasteiger partial charge is 0.170 e. The normalized spacial score (nSPS) is 23.6. The number of Topliss-reactive ketones (excluding diaryl/α,β-unsaturated/α-hetero) is 1. The van der Waals surface area contributed by atoms with Gasteiger partial charge >= 0.3 is 0 Å². The fourth-order valence-electron chi connectivity index (χ4n) is 2.81. The zero-order valence-corrected chi connectivity index (χ0v) is 11.2. The lowest BCUT2D eigenvalue weighted by Crippen LogP contribution is -2.38. The molecule has 1 N–H and O–H groups in total. The Morgan fingerprint density at radius 3 is 2.61 bits per heavy atom. The molecular weight excluding hydrogens is 229 g/mol. The molecule has 0 aromatic heterocycles. The van der Waals surface area contributed by atoms with Crippen molar-refractivity contribution in [3.05, 3.63) is 35.1 Å². The van der Waals surface area contributed by atoms with Gasteiger partial charge in [-0.25, -0.2) is 4.39 Å². The highest BCUT2D eigenvalue weighted by molar-refractivity contribution is 6.01. The van der Waals surface area contributed by atoms with Crippen LogP contribution in [0.2, 0.25) is 0 Å². The minimum absolute atomic E-state index is 0.0742. The summed E-state index contributed by atoms with van der Waals surface area (Å²) < 4.78 is 13.4. The number of carbonyl (C=O) groups is 1. The molecule has 0 radical (unpaired) electrons. The highest BCUT2D eigenvalue weighted by Crippen LogP contribution is 2.37. The summed E-state index contributed by atoms with van der Waals surface area (Å²) in [7, 11) is 0. The Labute approximate surface area is 108 Å². The van der Waals surface area contributed by atoms with E-state index in [1.807, 2.05) is 6.92 Å². The van der Waals surface area contributed by atoms with Crippen LogP contribution in [0.5, 0.6) is 0 Å². The molecule has 98 valence electrons. The van der Waals surface area contributed by atoms with E-state index in [0.717, 1.165) is 18.5 Å². The zero-order chi connectivity index (χ0) is 13.3. The molecule has 3 heteroatoms. The SMILES string of the molecule is Cc1cc(F)cc(C(=O)C2(C(C)C)CCNC2)c1. The average molecular weight is 249 g/mol. The molecule has 1 heterocycles. The van der Waals surface area contributed by atoms with Gasteiger partial charge in [-0.05, 0) is 49.6 Å². The van der Waals surface area contributed by atoms with E-state index in [0.29, 0.717) is 12.1 Å². The maximum Gasteiger partial charge on any atom is 0.170 e. The Kier molecular flexibility index (Phi) is 3.53. The molecule has 2 rings (SSSR count). The molecule has 2 nitrogen and oxygen atoms in total. The zero-order valence-electron chi connectivity index (χ0n) is 11.2. The standard InChI is InChI=1S/C15H20FNO/c1-10(2)15(4-5-17-9-15)14(18)12-6-11(3)7-13(16)8-12/h6-8,10,17H,4-5,9H2,1-3H3. The molecule has 1 fully saturated rings. The van der Waals surface area contributed by atoms with Gasteiger partial charge in [0.05, 0.1) is 0 Å². The molecule has 1 saturated heterocycles. The van der Waals surface area contributed by atoms with E-state index in [4.69, 9.17) is 0 Å². The molecule has 1 aliphatic rings. The van der Waals surface area contributed by atoms with E-state index in [2.05, 4.69) is 19.2 Å². The summed E-state index contributed by atoms with van der Waals surface area (Å²) in [6, 6.07) is 4.59. The predicted molar refractivity (Wildman–Crippen MR) is 70.2 cm³/mol. The summed E-state index contributed by atoms with van der Waals surface area (Å²) in [4.78, 5) is 12.7. The molecule has 18 heavy (non-hydrogen) atoms. The third kappa shape index (κ3) is 2.19. The number of carbonyl (C=O) groups excluding carboxylic acids is 1. The van der Waals surface area contributed by atoms with Crippen LogP contribution in [0.25, 0.3) is 0 Å². The van der Waals surface area contributed by atoms with Crippen molar-refractivity contribution < 1.29 is 9.18 Å². The molecule has 1 aliphatic heterocycles.